The number of carbonyl (C=O) groups excluding carboxylic acids is 2. The maximum atomic E-state index is 11.9. The van der Waals surface area contributed by atoms with Gasteiger partial charge in [0, 0.05) is 24.7 Å². The largest absolute Gasteiger partial charge is 0.493 e. The number of methoxy groups -OCH3 is 2. The van der Waals surface area contributed by atoms with Crippen molar-refractivity contribution in [3.05, 3.63) is 40.1 Å². The summed E-state index contributed by atoms with van der Waals surface area (Å²) in [6, 6.07) is 7.41. The van der Waals surface area contributed by atoms with Gasteiger partial charge >= 0.3 is 0 Å². The Labute approximate surface area is 156 Å². The molecule has 0 aliphatic rings. The van der Waals surface area contributed by atoms with Gasteiger partial charge in [0.25, 0.3) is 5.91 Å². The molecule has 0 saturated carbocycles. The average Bonchev–Trinajstić information content (AvgIpc) is 3.14. The number of carbonyl (C=O) groups is 2. The molecule has 2 rings (SSSR count). The second kappa shape index (κ2) is 9.67. The van der Waals surface area contributed by atoms with Crippen LogP contribution in [0.25, 0.3) is 0 Å². The number of benzene rings is 1. The zero-order valence-corrected chi connectivity index (χ0v) is 15.9. The van der Waals surface area contributed by atoms with Crippen molar-refractivity contribution in [2.75, 3.05) is 39.7 Å². The Hall–Kier alpha value is -2.74. The smallest absolute Gasteiger partial charge is 0.261 e. The van der Waals surface area contributed by atoms with Gasteiger partial charge < -0.3 is 25.4 Å². The van der Waals surface area contributed by atoms with E-state index in [0.717, 1.165) is 11.3 Å². The van der Waals surface area contributed by atoms with Gasteiger partial charge in [0.1, 0.15) is 0 Å². The van der Waals surface area contributed by atoms with Crippen molar-refractivity contribution >= 4 is 28.8 Å². The number of nitrogens with one attached hydrogen (secondary N) is 3. The molecule has 26 heavy (non-hydrogen) atoms. The SMILES string of the molecule is CNC(=O)c1cc(NCC(=O)NCCc2ccc(OC)c(OC)c2)cs1. The molecule has 1 heterocycles. The van der Waals surface area contributed by atoms with Crippen LogP contribution in [0.2, 0.25) is 0 Å². The molecule has 140 valence electrons. The number of thiophene rings is 1. The van der Waals surface area contributed by atoms with Gasteiger partial charge in [-0.25, -0.2) is 0 Å². The average molecular weight is 377 g/mol. The predicted molar refractivity (Wildman–Crippen MR) is 102 cm³/mol. The molecule has 7 nitrogen and oxygen atoms in total. The van der Waals surface area contributed by atoms with Gasteiger partial charge in [-0.2, -0.15) is 0 Å². The summed E-state index contributed by atoms with van der Waals surface area (Å²) in [7, 11) is 4.77. The third-order valence-corrected chi connectivity index (χ3v) is 4.62. The first kappa shape index (κ1) is 19.6. The number of ether oxygens (including phenoxy) is 2. The summed E-state index contributed by atoms with van der Waals surface area (Å²) in [6.45, 7) is 0.666. The summed E-state index contributed by atoms with van der Waals surface area (Å²) in [5.74, 6) is 1.10. The van der Waals surface area contributed by atoms with E-state index in [0.29, 0.717) is 29.3 Å². The van der Waals surface area contributed by atoms with Crippen molar-refractivity contribution < 1.29 is 19.1 Å². The molecule has 3 N–H and O–H groups in total. The van der Waals surface area contributed by atoms with Crippen LogP contribution in [0.3, 0.4) is 0 Å². The molecule has 1 aromatic heterocycles. The number of amides is 2. The molecular formula is C18H23N3O4S. The summed E-state index contributed by atoms with van der Waals surface area (Å²) >= 11 is 1.33. The molecule has 1 aromatic carbocycles. The molecular weight excluding hydrogens is 354 g/mol. The molecule has 0 radical (unpaired) electrons. The van der Waals surface area contributed by atoms with Crippen molar-refractivity contribution in [3.8, 4) is 11.5 Å². The van der Waals surface area contributed by atoms with Gasteiger partial charge in [-0.3, -0.25) is 9.59 Å². The predicted octanol–water partition coefficient (Wildman–Crippen LogP) is 1.90. The topological polar surface area (TPSA) is 88.7 Å². The van der Waals surface area contributed by atoms with Gasteiger partial charge in [-0.05, 0) is 30.2 Å². The Morgan fingerprint density at radius 2 is 1.88 bits per heavy atom. The van der Waals surface area contributed by atoms with Gasteiger partial charge in [0.05, 0.1) is 25.6 Å². The third kappa shape index (κ3) is 5.38. The summed E-state index contributed by atoms with van der Waals surface area (Å²) in [5, 5.41) is 10.2. The minimum absolute atomic E-state index is 0.113. The molecule has 0 fully saturated rings. The molecule has 0 aliphatic heterocycles. The molecule has 8 heteroatoms. The number of anilines is 1. The minimum Gasteiger partial charge on any atom is -0.493 e. The first-order chi connectivity index (χ1) is 12.6. The van der Waals surface area contributed by atoms with E-state index < -0.39 is 0 Å². The number of hydrogen-bond acceptors (Lipinski definition) is 6. The molecule has 2 amide bonds. The summed E-state index contributed by atoms with van der Waals surface area (Å²) in [4.78, 5) is 24.0. The lowest BCUT2D eigenvalue weighted by Crippen LogP contribution is -2.31. The fourth-order valence-corrected chi connectivity index (χ4v) is 3.11. The minimum atomic E-state index is -0.137. The second-order valence-corrected chi connectivity index (χ2v) is 6.33. The lowest BCUT2D eigenvalue weighted by molar-refractivity contribution is -0.119. The van der Waals surface area contributed by atoms with E-state index in [2.05, 4.69) is 16.0 Å². The highest BCUT2D eigenvalue weighted by Crippen LogP contribution is 2.27. The monoisotopic (exact) mass is 377 g/mol. The summed E-state index contributed by atoms with van der Waals surface area (Å²) in [5.41, 5.74) is 1.80. The van der Waals surface area contributed by atoms with Crippen LogP contribution >= 0.6 is 11.3 Å². The van der Waals surface area contributed by atoms with E-state index in [4.69, 9.17) is 9.47 Å². The quantitative estimate of drug-likeness (QED) is 0.621. The normalized spacial score (nSPS) is 10.1. The Kier molecular flexibility index (Phi) is 7.28. The molecule has 0 spiro atoms. The van der Waals surface area contributed by atoms with Crippen LogP contribution in [-0.4, -0.2) is 46.2 Å². The Bertz CT molecular complexity index is 761. The molecule has 0 atom stereocenters. The first-order valence-corrected chi connectivity index (χ1v) is 8.97. The van der Waals surface area contributed by atoms with Crippen molar-refractivity contribution in [1.82, 2.24) is 10.6 Å². The van der Waals surface area contributed by atoms with Crippen LogP contribution in [0.4, 0.5) is 5.69 Å². The standard InChI is InChI=1S/C18H23N3O4S/c1-19-18(23)16-9-13(11-26-16)21-10-17(22)20-7-6-12-4-5-14(24-2)15(8-12)25-3/h4-5,8-9,11,21H,6-7,10H2,1-3H3,(H,19,23)(H,20,22). The zero-order valence-electron chi connectivity index (χ0n) is 15.0. The van der Waals surface area contributed by atoms with Crippen molar-refractivity contribution in [1.29, 1.82) is 0 Å². The van der Waals surface area contributed by atoms with Crippen molar-refractivity contribution in [3.63, 3.8) is 0 Å². The van der Waals surface area contributed by atoms with Crippen LogP contribution in [0.15, 0.2) is 29.6 Å². The molecule has 2 aromatic rings. The van der Waals surface area contributed by atoms with Gasteiger partial charge in [-0.1, -0.05) is 6.07 Å². The molecule has 0 saturated heterocycles. The van der Waals surface area contributed by atoms with Crippen LogP contribution < -0.4 is 25.4 Å². The summed E-state index contributed by atoms with van der Waals surface area (Å²) in [6.07, 6.45) is 0.686. The van der Waals surface area contributed by atoms with E-state index in [1.807, 2.05) is 23.6 Å². The Balaban J connectivity index is 1.75. The molecule has 0 bridgehead atoms. The van der Waals surface area contributed by atoms with Crippen LogP contribution in [0.1, 0.15) is 15.2 Å². The fraction of sp³-hybridized carbons (Fsp3) is 0.333. The van der Waals surface area contributed by atoms with Crippen molar-refractivity contribution in [2.45, 2.75) is 6.42 Å². The van der Waals surface area contributed by atoms with E-state index >= 15 is 0 Å². The highest BCUT2D eigenvalue weighted by atomic mass is 32.1. The zero-order chi connectivity index (χ0) is 18.9. The van der Waals surface area contributed by atoms with Crippen LogP contribution in [0.5, 0.6) is 11.5 Å². The Morgan fingerprint density at radius 3 is 2.58 bits per heavy atom. The van der Waals surface area contributed by atoms with Gasteiger partial charge in [0.15, 0.2) is 11.5 Å². The van der Waals surface area contributed by atoms with E-state index in [-0.39, 0.29) is 18.4 Å². The molecule has 0 unspecified atom stereocenters. The third-order valence-electron chi connectivity index (χ3n) is 3.69. The van der Waals surface area contributed by atoms with Crippen LogP contribution in [-0.2, 0) is 11.2 Å². The highest BCUT2D eigenvalue weighted by Gasteiger charge is 2.08. The summed E-state index contributed by atoms with van der Waals surface area (Å²) < 4.78 is 10.5. The first-order valence-electron chi connectivity index (χ1n) is 8.09. The Morgan fingerprint density at radius 1 is 1.12 bits per heavy atom. The number of hydrogen-bond donors (Lipinski definition) is 3. The van der Waals surface area contributed by atoms with Gasteiger partial charge in [0.2, 0.25) is 5.91 Å². The van der Waals surface area contributed by atoms with E-state index in [1.165, 1.54) is 11.3 Å². The lowest BCUT2D eigenvalue weighted by Gasteiger charge is -2.10. The number of rotatable bonds is 9. The highest BCUT2D eigenvalue weighted by molar-refractivity contribution is 7.12. The van der Waals surface area contributed by atoms with Gasteiger partial charge in [-0.15, -0.1) is 11.3 Å². The maximum Gasteiger partial charge on any atom is 0.261 e. The van der Waals surface area contributed by atoms with Crippen LogP contribution in [0, 0.1) is 0 Å². The van der Waals surface area contributed by atoms with E-state index in [9.17, 15) is 9.59 Å². The maximum absolute atomic E-state index is 11.9. The second-order valence-electron chi connectivity index (χ2n) is 5.42. The van der Waals surface area contributed by atoms with E-state index in [1.54, 1.807) is 27.3 Å². The van der Waals surface area contributed by atoms with Crippen molar-refractivity contribution in [2.24, 2.45) is 0 Å². The fourth-order valence-electron chi connectivity index (χ4n) is 2.30. The molecule has 0 aliphatic carbocycles. The lowest BCUT2D eigenvalue weighted by atomic mass is 10.1.